The van der Waals surface area contributed by atoms with Gasteiger partial charge in [0, 0.05) is 22.4 Å². The first-order chi connectivity index (χ1) is 6.99. The maximum absolute atomic E-state index is 11.4. The Labute approximate surface area is 98.2 Å². The molecule has 3 heteroatoms. The van der Waals surface area contributed by atoms with Crippen molar-refractivity contribution in [3.8, 4) is 0 Å². The van der Waals surface area contributed by atoms with Crippen molar-refractivity contribution in [3.63, 3.8) is 0 Å². The van der Waals surface area contributed by atoms with Crippen LogP contribution in [0.5, 0.6) is 0 Å². The second-order valence-electron chi connectivity index (χ2n) is 4.58. The largest absolute Gasteiger partial charge is 0.351 e. The van der Waals surface area contributed by atoms with Crippen LogP contribution in [-0.4, -0.2) is 11.4 Å². The topological polar surface area (TPSA) is 29.1 Å². The first-order valence-electron chi connectivity index (χ1n) is 5.05. The van der Waals surface area contributed by atoms with Gasteiger partial charge in [-0.1, -0.05) is 28.1 Å². The maximum Gasteiger partial charge on any atom is 0.221 e. The molecule has 2 nitrogen and oxygen atoms in total. The summed E-state index contributed by atoms with van der Waals surface area (Å²) in [5.74, 6) is 0.422. The molecule has 80 valence electrons. The number of hydrogen-bond acceptors (Lipinski definition) is 1. The van der Waals surface area contributed by atoms with Gasteiger partial charge in [0.05, 0.1) is 0 Å². The van der Waals surface area contributed by atoms with Gasteiger partial charge < -0.3 is 5.32 Å². The minimum atomic E-state index is -0.134. The Hall–Kier alpha value is -0.830. The normalized spacial score (nSPS) is 23.9. The van der Waals surface area contributed by atoms with Crippen molar-refractivity contribution < 1.29 is 4.79 Å². The molecule has 0 bridgehead atoms. The third-order valence-corrected chi connectivity index (χ3v) is 3.52. The van der Waals surface area contributed by atoms with Crippen LogP contribution in [0.4, 0.5) is 0 Å². The molecule has 1 atom stereocenters. The highest BCUT2D eigenvalue weighted by Crippen LogP contribution is 2.36. The van der Waals surface area contributed by atoms with Crippen LogP contribution in [-0.2, 0) is 4.79 Å². The Balaban J connectivity index is 2.31. The summed E-state index contributed by atoms with van der Waals surface area (Å²) in [4.78, 5) is 11.4. The molecule has 1 fully saturated rings. The number of nitrogens with one attached hydrogen (secondary N) is 1. The van der Waals surface area contributed by atoms with Crippen LogP contribution < -0.4 is 5.32 Å². The van der Waals surface area contributed by atoms with E-state index < -0.39 is 0 Å². The van der Waals surface area contributed by atoms with Gasteiger partial charge in [0.25, 0.3) is 0 Å². The van der Waals surface area contributed by atoms with Crippen molar-refractivity contribution >= 4 is 21.8 Å². The maximum atomic E-state index is 11.4. The first kappa shape index (κ1) is 10.7. The molecule has 1 aromatic carbocycles. The third-order valence-electron chi connectivity index (χ3n) is 2.99. The molecule has 0 aliphatic carbocycles. The second kappa shape index (κ2) is 3.63. The predicted octanol–water partition coefficient (Wildman–Crippen LogP) is 2.83. The number of carbonyl (C=O) groups is 1. The third kappa shape index (κ3) is 2.07. The lowest BCUT2D eigenvalue weighted by Crippen LogP contribution is -2.38. The molecule has 1 saturated heterocycles. The monoisotopic (exact) mass is 267 g/mol. The molecule has 15 heavy (non-hydrogen) atoms. The van der Waals surface area contributed by atoms with Crippen LogP contribution in [0.3, 0.4) is 0 Å². The van der Waals surface area contributed by atoms with Gasteiger partial charge in [-0.2, -0.15) is 0 Å². The van der Waals surface area contributed by atoms with E-state index in [0.717, 1.165) is 4.47 Å². The van der Waals surface area contributed by atoms with E-state index in [1.807, 2.05) is 12.1 Å². The van der Waals surface area contributed by atoms with Crippen molar-refractivity contribution in [2.45, 2.75) is 31.7 Å². The molecule has 1 aliphatic heterocycles. The molecule has 1 aromatic rings. The summed E-state index contributed by atoms with van der Waals surface area (Å²) in [7, 11) is 0. The van der Waals surface area contributed by atoms with Crippen LogP contribution in [0.15, 0.2) is 28.7 Å². The number of carbonyl (C=O) groups excluding carboxylic acids is 1. The Kier molecular flexibility index (Phi) is 2.59. The Bertz CT molecular complexity index is 383. The summed E-state index contributed by atoms with van der Waals surface area (Å²) in [5.41, 5.74) is 1.09. The minimum Gasteiger partial charge on any atom is -0.351 e. The van der Waals surface area contributed by atoms with Gasteiger partial charge >= 0.3 is 0 Å². The first-order valence-corrected chi connectivity index (χ1v) is 5.85. The van der Waals surface area contributed by atoms with Gasteiger partial charge in [-0.3, -0.25) is 4.79 Å². The van der Waals surface area contributed by atoms with Gasteiger partial charge in [-0.15, -0.1) is 0 Å². The second-order valence-corrected chi connectivity index (χ2v) is 5.49. The zero-order valence-electron chi connectivity index (χ0n) is 8.88. The standard InChI is InChI=1S/C12H14BrNO/c1-12(2)10(7-11(15)14-12)8-3-5-9(13)6-4-8/h3-6,10H,7H2,1-2H3,(H,14,15). The summed E-state index contributed by atoms with van der Waals surface area (Å²) < 4.78 is 1.07. The summed E-state index contributed by atoms with van der Waals surface area (Å²) in [6.07, 6.45) is 0.592. The summed E-state index contributed by atoms with van der Waals surface area (Å²) in [6, 6.07) is 8.20. The molecule has 1 heterocycles. The van der Waals surface area contributed by atoms with Crippen molar-refractivity contribution in [2.24, 2.45) is 0 Å². The fourth-order valence-corrected chi connectivity index (χ4v) is 2.43. The van der Waals surface area contributed by atoms with Crippen molar-refractivity contribution in [2.75, 3.05) is 0 Å². The van der Waals surface area contributed by atoms with Gasteiger partial charge in [-0.05, 0) is 31.5 Å². The molecule has 2 rings (SSSR count). The number of benzene rings is 1. The Morgan fingerprint density at radius 3 is 2.40 bits per heavy atom. The molecular formula is C12H14BrNO. The SMILES string of the molecule is CC1(C)NC(=O)CC1c1ccc(Br)cc1. The number of halogens is 1. The number of hydrogen-bond donors (Lipinski definition) is 1. The fourth-order valence-electron chi connectivity index (χ4n) is 2.17. The Morgan fingerprint density at radius 2 is 1.93 bits per heavy atom. The molecule has 0 spiro atoms. The summed E-state index contributed by atoms with van der Waals surface area (Å²) in [6.45, 7) is 4.15. The lowest BCUT2D eigenvalue weighted by molar-refractivity contribution is -0.119. The van der Waals surface area contributed by atoms with E-state index in [1.54, 1.807) is 0 Å². The van der Waals surface area contributed by atoms with E-state index in [0.29, 0.717) is 6.42 Å². The fraction of sp³-hybridized carbons (Fsp3) is 0.417. The van der Waals surface area contributed by atoms with E-state index in [2.05, 4.69) is 47.2 Å². The predicted molar refractivity (Wildman–Crippen MR) is 63.7 cm³/mol. The van der Waals surface area contributed by atoms with Crippen molar-refractivity contribution in [1.82, 2.24) is 5.32 Å². The van der Waals surface area contributed by atoms with Crippen LogP contribution in [0, 0.1) is 0 Å². The van der Waals surface area contributed by atoms with Crippen LogP contribution in [0.2, 0.25) is 0 Å². The van der Waals surface area contributed by atoms with E-state index in [1.165, 1.54) is 5.56 Å². The molecule has 1 amide bonds. The Morgan fingerprint density at radius 1 is 1.33 bits per heavy atom. The van der Waals surface area contributed by atoms with Crippen molar-refractivity contribution in [3.05, 3.63) is 34.3 Å². The highest BCUT2D eigenvalue weighted by molar-refractivity contribution is 9.10. The molecule has 0 aromatic heterocycles. The van der Waals surface area contributed by atoms with E-state index >= 15 is 0 Å². The molecule has 1 unspecified atom stereocenters. The lowest BCUT2D eigenvalue weighted by atomic mass is 9.83. The van der Waals surface area contributed by atoms with Gasteiger partial charge in [-0.25, -0.2) is 0 Å². The average Bonchev–Trinajstić information content (AvgIpc) is 2.41. The van der Waals surface area contributed by atoms with Crippen LogP contribution in [0.25, 0.3) is 0 Å². The molecule has 0 radical (unpaired) electrons. The van der Waals surface area contributed by atoms with Gasteiger partial charge in [0.2, 0.25) is 5.91 Å². The van der Waals surface area contributed by atoms with Crippen molar-refractivity contribution in [1.29, 1.82) is 0 Å². The zero-order valence-corrected chi connectivity index (χ0v) is 10.5. The quantitative estimate of drug-likeness (QED) is 0.833. The minimum absolute atomic E-state index is 0.134. The summed E-state index contributed by atoms with van der Waals surface area (Å²) >= 11 is 3.41. The van der Waals surface area contributed by atoms with Gasteiger partial charge in [0.15, 0.2) is 0 Å². The molecular weight excluding hydrogens is 254 g/mol. The summed E-state index contributed by atoms with van der Waals surface area (Å²) in [5, 5.41) is 3.01. The smallest absolute Gasteiger partial charge is 0.221 e. The zero-order chi connectivity index (χ0) is 11.1. The van der Waals surface area contributed by atoms with E-state index in [-0.39, 0.29) is 17.4 Å². The highest BCUT2D eigenvalue weighted by Gasteiger charge is 2.39. The van der Waals surface area contributed by atoms with Crippen LogP contribution in [0.1, 0.15) is 31.7 Å². The van der Waals surface area contributed by atoms with Crippen LogP contribution >= 0.6 is 15.9 Å². The molecule has 1 aliphatic rings. The molecule has 1 N–H and O–H groups in total. The van der Waals surface area contributed by atoms with E-state index in [9.17, 15) is 4.79 Å². The van der Waals surface area contributed by atoms with Gasteiger partial charge in [0.1, 0.15) is 0 Å². The molecule has 0 saturated carbocycles. The highest BCUT2D eigenvalue weighted by atomic mass is 79.9. The number of rotatable bonds is 1. The van der Waals surface area contributed by atoms with E-state index in [4.69, 9.17) is 0 Å². The average molecular weight is 268 g/mol. The number of amides is 1. The lowest BCUT2D eigenvalue weighted by Gasteiger charge is -2.26.